The van der Waals surface area contributed by atoms with E-state index in [0.717, 1.165) is 11.6 Å². The molecule has 1 aromatic carbocycles. The van der Waals surface area contributed by atoms with Gasteiger partial charge in [0.15, 0.2) is 5.65 Å². The number of nitrogens with zero attached hydrogens (tertiary/aromatic N) is 4. The molecule has 4 heterocycles. The Balaban J connectivity index is 0.00000259. The van der Waals surface area contributed by atoms with Gasteiger partial charge in [-0.15, -0.1) is 0 Å². The van der Waals surface area contributed by atoms with Gasteiger partial charge in [-0.05, 0) is 42.0 Å². The zero-order valence-corrected chi connectivity index (χ0v) is 17.5. The number of rotatable bonds is 3. The first-order valence-corrected chi connectivity index (χ1v) is 10.4. The number of aromatic amines is 1. The molecule has 6 nitrogen and oxygen atoms in total. The van der Waals surface area contributed by atoms with Crippen LogP contribution >= 0.6 is 11.6 Å². The van der Waals surface area contributed by atoms with E-state index in [9.17, 15) is 13.2 Å². The van der Waals surface area contributed by atoms with Crippen LogP contribution in [0.15, 0.2) is 54.7 Å². The van der Waals surface area contributed by atoms with Crippen LogP contribution in [0.1, 0.15) is 18.6 Å². The van der Waals surface area contributed by atoms with E-state index in [-0.39, 0.29) is 18.9 Å². The quantitative estimate of drug-likeness (QED) is 0.445. The second kappa shape index (κ2) is 8.07. The van der Waals surface area contributed by atoms with Gasteiger partial charge in [0.2, 0.25) is 0 Å². The molecule has 1 aliphatic rings. The number of benzene rings is 1. The van der Waals surface area contributed by atoms with Gasteiger partial charge >= 0.3 is 6.18 Å². The van der Waals surface area contributed by atoms with Crippen LogP contribution in [-0.4, -0.2) is 39.8 Å². The third-order valence-electron chi connectivity index (χ3n) is 5.52. The van der Waals surface area contributed by atoms with Crippen LogP contribution in [0.25, 0.3) is 22.4 Å². The highest BCUT2D eigenvalue weighted by Gasteiger charge is 2.36. The van der Waals surface area contributed by atoms with Crippen LogP contribution in [0, 0.1) is 0 Å². The van der Waals surface area contributed by atoms with Gasteiger partial charge in [-0.3, -0.25) is 5.10 Å². The highest BCUT2D eigenvalue weighted by atomic mass is 35.5. The topological polar surface area (TPSA) is 69.7 Å². The molecule has 0 spiro atoms. The second-order valence-corrected chi connectivity index (χ2v) is 7.98. The lowest BCUT2D eigenvalue weighted by atomic mass is 10.0. The first-order valence-electron chi connectivity index (χ1n) is 10.0. The predicted octanol–water partition coefficient (Wildman–Crippen LogP) is 5.09. The van der Waals surface area contributed by atoms with E-state index in [1.165, 1.54) is 6.07 Å². The minimum atomic E-state index is -4.56. The van der Waals surface area contributed by atoms with Crippen molar-refractivity contribution in [2.24, 2.45) is 0 Å². The highest BCUT2D eigenvalue weighted by Crippen LogP contribution is 2.38. The van der Waals surface area contributed by atoms with Gasteiger partial charge in [0.05, 0.1) is 11.3 Å². The van der Waals surface area contributed by atoms with Gasteiger partial charge in [-0.2, -0.15) is 18.3 Å². The van der Waals surface area contributed by atoms with Gasteiger partial charge < -0.3 is 10.2 Å². The van der Waals surface area contributed by atoms with Gasteiger partial charge in [0.25, 0.3) is 0 Å². The average Bonchev–Trinajstić information content (AvgIpc) is 3.23. The van der Waals surface area contributed by atoms with Crippen LogP contribution in [0.5, 0.6) is 0 Å². The van der Waals surface area contributed by atoms with Gasteiger partial charge in [0.1, 0.15) is 11.5 Å². The number of fused-ring (bicyclic) bond motifs is 1. The monoisotopic (exact) mass is 460 g/mol. The summed E-state index contributed by atoms with van der Waals surface area (Å²) in [7, 11) is 0. The first-order chi connectivity index (χ1) is 15.4. The Morgan fingerprint density at radius 1 is 1.09 bits per heavy atom. The number of hydrogen-bond acceptors (Lipinski definition) is 5. The number of piperazine rings is 1. The summed E-state index contributed by atoms with van der Waals surface area (Å²) in [5.74, 6) is 0.472. The molecule has 32 heavy (non-hydrogen) atoms. The van der Waals surface area contributed by atoms with E-state index < -0.39 is 11.7 Å². The van der Waals surface area contributed by atoms with Crippen molar-refractivity contribution in [3.8, 4) is 11.4 Å². The highest BCUT2D eigenvalue weighted by molar-refractivity contribution is 6.30. The van der Waals surface area contributed by atoms with E-state index in [1.54, 1.807) is 18.3 Å². The number of H-pyrrole nitrogens is 1. The molecule has 1 atom stereocenters. The number of hydrogen-bond donors (Lipinski definition) is 2. The van der Waals surface area contributed by atoms with E-state index in [1.807, 2.05) is 29.2 Å². The molecule has 1 aliphatic heterocycles. The Labute approximate surface area is 187 Å². The van der Waals surface area contributed by atoms with Crippen LogP contribution in [0.4, 0.5) is 19.0 Å². The summed E-state index contributed by atoms with van der Waals surface area (Å²) in [6, 6.07) is 13.4. The normalized spacial score (nSPS) is 17.1. The van der Waals surface area contributed by atoms with Crippen LogP contribution in [-0.2, 0) is 6.18 Å². The standard InChI is InChI=1S/C22H18ClF3N6.H2/c23-14-5-3-13(4-6-14)17-12-32(11-10-27-17)18-8-7-16(22(24,25)26)20(29-18)19-15-2-1-9-28-21(15)31-30-19;/h1-9,17,27H,10-12H2,(H,28,30,31);1H. The average molecular weight is 461 g/mol. The summed E-state index contributed by atoms with van der Waals surface area (Å²) in [5, 5.41) is 11.3. The van der Waals surface area contributed by atoms with Crippen molar-refractivity contribution in [2.75, 3.05) is 24.5 Å². The maximum Gasteiger partial charge on any atom is 0.418 e. The third-order valence-corrected chi connectivity index (χ3v) is 5.78. The smallest absolute Gasteiger partial charge is 0.353 e. The molecular formula is C22H20ClF3N6. The summed E-state index contributed by atoms with van der Waals surface area (Å²) in [6.45, 7) is 1.85. The summed E-state index contributed by atoms with van der Waals surface area (Å²) >= 11 is 5.99. The van der Waals surface area contributed by atoms with Crippen LogP contribution < -0.4 is 10.2 Å². The number of aromatic nitrogens is 4. The van der Waals surface area contributed by atoms with Gasteiger partial charge in [-0.1, -0.05) is 23.7 Å². The molecule has 10 heteroatoms. The molecule has 0 amide bonds. The minimum absolute atomic E-state index is 0. The zero-order valence-electron chi connectivity index (χ0n) is 16.7. The summed E-state index contributed by atoms with van der Waals surface area (Å²) in [5.41, 5.74) is 0.587. The molecule has 4 aromatic rings. The lowest BCUT2D eigenvalue weighted by Gasteiger charge is -2.35. The Bertz CT molecular complexity index is 1260. The Morgan fingerprint density at radius 3 is 2.69 bits per heavy atom. The number of halogens is 4. The van der Waals surface area contributed by atoms with E-state index in [0.29, 0.717) is 41.5 Å². The van der Waals surface area contributed by atoms with Crippen molar-refractivity contribution in [1.82, 2.24) is 25.5 Å². The molecule has 2 N–H and O–H groups in total. The second-order valence-electron chi connectivity index (χ2n) is 7.54. The fourth-order valence-electron chi connectivity index (χ4n) is 3.95. The maximum absolute atomic E-state index is 13.8. The molecular weight excluding hydrogens is 441 g/mol. The fraction of sp³-hybridized carbons (Fsp3) is 0.227. The lowest BCUT2D eigenvalue weighted by molar-refractivity contribution is -0.137. The molecule has 0 radical (unpaired) electrons. The van der Waals surface area contributed by atoms with Crippen molar-refractivity contribution in [3.05, 3.63) is 70.9 Å². The Morgan fingerprint density at radius 2 is 1.91 bits per heavy atom. The molecule has 0 saturated carbocycles. The van der Waals surface area contributed by atoms with Crippen LogP contribution in [0.3, 0.4) is 0 Å². The fourth-order valence-corrected chi connectivity index (χ4v) is 4.08. The van der Waals surface area contributed by atoms with Crippen molar-refractivity contribution < 1.29 is 14.6 Å². The summed E-state index contributed by atoms with van der Waals surface area (Å²) in [4.78, 5) is 10.5. The SMILES string of the molecule is FC(F)(F)c1ccc(N2CCNC(c3ccc(Cl)cc3)C2)nc1-c1[nH]nc2ncccc12.[HH]. The number of pyridine rings is 2. The first kappa shape index (κ1) is 20.7. The number of nitrogens with one attached hydrogen (secondary N) is 2. The number of alkyl halides is 3. The van der Waals surface area contributed by atoms with Crippen molar-refractivity contribution >= 4 is 28.5 Å². The molecule has 1 saturated heterocycles. The summed E-state index contributed by atoms with van der Waals surface area (Å²) < 4.78 is 41.4. The van der Waals surface area contributed by atoms with E-state index in [4.69, 9.17) is 11.6 Å². The largest absolute Gasteiger partial charge is 0.418 e. The Kier molecular flexibility index (Phi) is 5.22. The molecule has 1 fully saturated rings. The molecule has 5 rings (SSSR count). The van der Waals surface area contributed by atoms with Crippen molar-refractivity contribution in [1.29, 1.82) is 0 Å². The molecule has 0 bridgehead atoms. The zero-order chi connectivity index (χ0) is 22.3. The Hall–Kier alpha value is -3.17. The van der Waals surface area contributed by atoms with Gasteiger partial charge in [-0.25, -0.2) is 9.97 Å². The maximum atomic E-state index is 13.8. The lowest BCUT2D eigenvalue weighted by Crippen LogP contribution is -2.46. The van der Waals surface area contributed by atoms with Crippen LogP contribution in [0.2, 0.25) is 5.02 Å². The predicted molar refractivity (Wildman–Crippen MR) is 119 cm³/mol. The number of anilines is 1. The molecule has 166 valence electrons. The summed E-state index contributed by atoms with van der Waals surface area (Å²) in [6.07, 6.45) is -3.02. The van der Waals surface area contributed by atoms with E-state index >= 15 is 0 Å². The molecule has 0 aliphatic carbocycles. The van der Waals surface area contributed by atoms with E-state index in [2.05, 4.69) is 25.5 Å². The molecule has 1 unspecified atom stereocenters. The third kappa shape index (κ3) is 3.89. The van der Waals surface area contributed by atoms with Crippen molar-refractivity contribution in [3.63, 3.8) is 0 Å². The molecule has 3 aromatic heterocycles. The minimum Gasteiger partial charge on any atom is -0.353 e. The van der Waals surface area contributed by atoms with Gasteiger partial charge in [0, 0.05) is 43.7 Å². The van der Waals surface area contributed by atoms with Crippen molar-refractivity contribution in [2.45, 2.75) is 12.2 Å².